The molecule has 1 N–H and O–H groups in total. The molecule has 0 aliphatic rings. The minimum atomic E-state index is -4.30. The summed E-state index contributed by atoms with van der Waals surface area (Å²) in [5.41, 5.74) is -0.433. The van der Waals surface area contributed by atoms with Crippen LogP contribution in [0.15, 0.2) is 24.3 Å². The first-order valence-electron chi connectivity index (χ1n) is 6.09. The number of hydrogen-bond acceptors (Lipinski definition) is 2. The molecular formula is C14H20F3NO. The Morgan fingerprint density at radius 3 is 2.37 bits per heavy atom. The lowest BCUT2D eigenvalue weighted by atomic mass is 9.91. The Balaban J connectivity index is 2.93. The summed E-state index contributed by atoms with van der Waals surface area (Å²) < 4.78 is 43.3. The number of rotatable bonds is 5. The lowest BCUT2D eigenvalue weighted by Gasteiger charge is -2.33. The molecule has 0 spiro atoms. The van der Waals surface area contributed by atoms with Crippen LogP contribution in [-0.4, -0.2) is 25.8 Å². The Labute approximate surface area is 112 Å². The van der Waals surface area contributed by atoms with E-state index in [0.717, 1.165) is 6.07 Å². The minimum Gasteiger partial charge on any atom is -0.377 e. The van der Waals surface area contributed by atoms with Crippen LogP contribution in [0.1, 0.15) is 25.0 Å². The summed E-state index contributed by atoms with van der Waals surface area (Å²) in [7, 11) is 3.37. The summed E-state index contributed by atoms with van der Waals surface area (Å²) in [6.45, 7) is 3.81. The lowest BCUT2D eigenvalue weighted by molar-refractivity contribution is -0.137. The summed E-state index contributed by atoms with van der Waals surface area (Å²) in [5.74, 6) is 0. The van der Waals surface area contributed by atoms with Crippen molar-refractivity contribution >= 4 is 0 Å². The smallest absolute Gasteiger partial charge is 0.377 e. The van der Waals surface area contributed by atoms with Crippen LogP contribution < -0.4 is 5.32 Å². The van der Waals surface area contributed by atoms with Crippen molar-refractivity contribution in [1.29, 1.82) is 0 Å². The van der Waals surface area contributed by atoms with Crippen molar-refractivity contribution in [2.75, 3.05) is 14.2 Å². The second-order valence-corrected chi connectivity index (χ2v) is 5.05. The first-order chi connectivity index (χ1) is 8.70. The van der Waals surface area contributed by atoms with Gasteiger partial charge in [-0.2, -0.15) is 13.2 Å². The van der Waals surface area contributed by atoms with Gasteiger partial charge in [-0.25, -0.2) is 0 Å². The van der Waals surface area contributed by atoms with Gasteiger partial charge < -0.3 is 10.1 Å². The molecule has 1 atom stereocenters. The summed E-state index contributed by atoms with van der Waals surface area (Å²) in [6.07, 6.45) is -3.83. The molecular weight excluding hydrogens is 255 g/mol. The zero-order valence-electron chi connectivity index (χ0n) is 11.6. The molecule has 0 amide bonds. The van der Waals surface area contributed by atoms with Crippen molar-refractivity contribution in [3.05, 3.63) is 35.4 Å². The largest absolute Gasteiger partial charge is 0.416 e. The molecule has 0 radical (unpaired) electrons. The highest BCUT2D eigenvalue weighted by molar-refractivity contribution is 5.26. The fourth-order valence-electron chi connectivity index (χ4n) is 1.95. The molecule has 0 fully saturated rings. The fraction of sp³-hybridized carbons (Fsp3) is 0.571. The Bertz CT molecular complexity index is 415. The molecule has 0 aliphatic carbocycles. The average molecular weight is 275 g/mol. The maximum absolute atomic E-state index is 12.6. The third kappa shape index (κ3) is 4.21. The van der Waals surface area contributed by atoms with Gasteiger partial charge in [0.15, 0.2) is 0 Å². The number of hydrogen-bond donors (Lipinski definition) is 1. The van der Waals surface area contributed by atoms with Crippen molar-refractivity contribution in [3.63, 3.8) is 0 Å². The van der Waals surface area contributed by atoms with Crippen molar-refractivity contribution in [3.8, 4) is 0 Å². The SMILES string of the molecule is CNC(Cc1cccc(C(F)(F)F)c1)C(C)(C)OC. The van der Waals surface area contributed by atoms with Crippen LogP contribution in [0.5, 0.6) is 0 Å². The van der Waals surface area contributed by atoms with Gasteiger partial charge in [0.05, 0.1) is 11.2 Å². The lowest BCUT2D eigenvalue weighted by Crippen LogP contribution is -2.48. The highest BCUT2D eigenvalue weighted by Gasteiger charge is 2.32. The van der Waals surface area contributed by atoms with Crippen LogP contribution in [-0.2, 0) is 17.3 Å². The van der Waals surface area contributed by atoms with E-state index in [2.05, 4.69) is 5.32 Å². The summed E-state index contributed by atoms with van der Waals surface area (Å²) in [4.78, 5) is 0. The molecule has 5 heteroatoms. The maximum Gasteiger partial charge on any atom is 0.416 e. The van der Waals surface area contributed by atoms with Gasteiger partial charge in [0.25, 0.3) is 0 Å². The highest BCUT2D eigenvalue weighted by atomic mass is 19.4. The van der Waals surface area contributed by atoms with E-state index in [4.69, 9.17) is 4.74 Å². The summed E-state index contributed by atoms with van der Waals surface area (Å²) >= 11 is 0. The van der Waals surface area contributed by atoms with Crippen molar-refractivity contribution in [1.82, 2.24) is 5.32 Å². The van der Waals surface area contributed by atoms with E-state index in [1.807, 2.05) is 13.8 Å². The molecule has 2 nitrogen and oxygen atoms in total. The van der Waals surface area contributed by atoms with Crippen molar-refractivity contribution in [2.45, 2.75) is 38.1 Å². The van der Waals surface area contributed by atoms with Gasteiger partial charge in [0, 0.05) is 13.2 Å². The zero-order valence-corrected chi connectivity index (χ0v) is 11.6. The summed E-state index contributed by atoms with van der Waals surface area (Å²) in [6, 6.07) is 5.34. The number of halogens is 3. The number of alkyl halides is 3. The second-order valence-electron chi connectivity index (χ2n) is 5.05. The number of likely N-dealkylation sites (N-methyl/N-ethyl adjacent to an activating group) is 1. The number of benzene rings is 1. The molecule has 19 heavy (non-hydrogen) atoms. The van der Waals surface area contributed by atoms with Crippen LogP contribution >= 0.6 is 0 Å². The van der Waals surface area contributed by atoms with E-state index in [1.165, 1.54) is 12.1 Å². The van der Waals surface area contributed by atoms with Crippen LogP contribution in [0.2, 0.25) is 0 Å². The van der Waals surface area contributed by atoms with Gasteiger partial charge in [0.1, 0.15) is 0 Å². The highest BCUT2D eigenvalue weighted by Crippen LogP contribution is 2.30. The summed E-state index contributed by atoms with van der Waals surface area (Å²) in [5, 5.41) is 3.09. The second kappa shape index (κ2) is 5.92. The minimum absolute atomic E-state index is 0.0685. The van der Waals surface area contributed by atoms with Crippen LogP contribution in [0.3, 0.4) is 0 Å². The Morgan fingerprint density at radius 2 is 1.89 bits per heavy atom. The molecule has 0 aromatic heterocycles. The quantitative estimate of drug-likeness (QED) is 0.890. The molecule has 0 bridgehead atoms. The molecule has 1 aromatic carbocycles. The van der Waals surface area contributed by atoms with Gasteiger partial charge in [-0.05, 0) is 38.9 Å². The average Bonchev–Trinajstić information content (AvgIpc) is 2.35. The van der Waals surface area contributed by atoms with Crippen LogP contribution in [0, 0.1) is 0 Å². The molecule has 0 aliphatic heterocycles. The topological polar surface area (TPSA) is 21.3 Å². The van der Waals surface area contributed by atoms with E-state index in [9.17, 15) is 13.2 Å². The Kier molecular flexibility index (Phi) is 4.98. The molecule has 0 saturated heterocycles. The predicted molar refractivity (Wildman–Crippen MR) is 69.1 cm³/mol. The van der Waals surface area contributed by atoms with Crippen molar-refractivity contribution < 1.29 is 17.9 Å². The van der Waals surface area contributed by atoms with Gasteiger partial charge in [-0.3, -0.25) is 0 Å². The zero-order chi connectivity index (χ0) is 14.7. The predicted octanol–water partition coefficient (Wildman–Crippen LogP) is 3.26. The van der Waals surface area contributed by atoms with E-state index in [0.29, 0.717) is 12.0 Å². The molecule has 0 saturated carbocycles. The molecule has 0 heterocycles. The first kappa shape index (κ1) is 16.0. The van der Waals surface area contributed by atoms with E-state index >= 15 is 0 Å². The normalized spacial score (nSPS) is 14.5. The van der Waals surface area contributed by atoms with Crippen LogP contribution in [0.4, 0.5) is 13.2 Å². The third-order valence-corrected chi connectivity index (χ3v) is 3.41. The molecule has 1 rings (SSSR count). The molecule has 108 valence electrons. The standard InChI is InChI=1S/C14H20F3NO/c1-13(2,19-4)12(18-3)9-10-6-5-7-11(8-10)14(15,16)17/h5-8,12,18H,9H2,1-4H3. The van der Waals surface area contributed by atoms with Crippen LogP contribution in [0.25, 0.3) is 0 Å². The van der Waals surface area contributed by atoms with E-state index < -0.39 is 17.3 Å². The maximum atomic E-state index is 12.6. The Morgan fingerprint density at radius 1 is 1.26 bits per heavy atom. The number of ether oxygens (including phenoxy) is 1. The number of methoxy groups -OCH3 is 1. The van der Waals surface area contributed by atoms with E-state index in [1.54, 1.807) is 20.2 Å². The van der Waals surface area contributed by atoms with Gasteiger partial charge in [-0.15, -0.1) is 0 Å². The van der Waals surface area contributed by atoms with Crippen molar-refractivity contribution in [2.24, 2.45) is 0 Å². The molecule has 1 aromatic rings. The number of nitrogens with one attached hydrogen (secondary N) is 1. The van der Waals surface area contributed by atoms with Gasteiger partial charge in [0.2, 0.25) is 0 Å². The monoisotopic (exact) mass is 275 g/mol. The Hall–Kier alpha value is -1.07. The van der Waals surface area contributed by atoms with Gasteiger partial charge >= 0.3 is 6.18 Å². The molecule has 1 unspecified atom stereocenters. The fourth-order valence-corrected chi connectivity index (χ4v) is 1.95. The van der Waals surface area contributed by atoms with E-state index in [-0.39, 0.29) is 6.04 Å². The third-order valence-electron chi connectivity index (χ3n) is 3.41. The first-order valence-corrected chi connectivity index (χ1v) is 6.09. The van der Waals surface area contributed by atoms with Gasteiger partial charge in [-0.1, -0.05) is 18.2 Å².